The van der Waals surface area contributed by atoms with E-state index in [0.29, 0.717) is 29.4 Å². The van der Waals surface area contributed by atoms with Crippen molar-refractivity contribution in [3.8, 4) is 40.2 Å². The van der Waals surface area contributed by atoms with Crippen molar-refractivity contribution in [3.05, 3.63) is 100 Å². The average Bonchev–Trinajstić information content (AvgIpc) is 3.02. The minimum Gasteiger partial charge on any atom is -0.508 e. The Morgan fingerprint density at radius 1 is 0.614 bits per heavy atom. The summed E-state index contributed by atoms with van der Waals surface area (Å²) in [5.41, 5.74) is 6.77. The van der Waals surface area contributed by atoms with E-state index < -0.39 is 0 Å². The summed E-state index contributed by atoms with van der Waals surface area (Å²) in [5.74, 6) is 2.46. The van der Waals surface area contributed by atoms with E-state index in [1.165, 1.54) is 5.56 Å². The van der Waals surface area contributed by atoms with Crippen LogP contribution >= 0.6 is 0 Å². The molecule has 0 saturated heterocycles. The van der Waals surface area contributed by atoms with Crippen molar-refractivity contribution < 1.29 is 29.5 Å². The quantitative estimate of drug-likeness (QED) is 0.223. The van der Waals surface area contributed by atoms with Gasteiger partial charge >= 0.3 is 0 Å². The summed E-state index contributed by atoms with van der Waals surface area (Å²) in [6.07, 6.45) is 3.23. The molecular formula is C36H40N2O6. The topological polar surface area (TPSA) is 94.9 Å². The molecule has 0 aliphatic carbocycles. The first-order chi connectivity index (χ1) is 21.2. The number of nitrogens with zero attached hydrogens (tertiary/aromatic N) is 2. The smallest absolute Gasteiger partial charge is 0.169 e. The zero-order valence-corrected chi connectivity index (χ0v) is 25.7. The molecule has 0 radical (unpaired) electrons. The highest BCUT2D eigenvalue weighted by molar-refractivity contribution is 5.54. The molecule has 6 rings (SSSR count). The van der Waals surface area contributed by atoms with Crippen LogP contribution in [-0.4, -0.2) is 66.5 Å². The average molecular weight is 597 g/mol. The van der Waals surface area contributed by atoms with Crippen molar-refractivity contribution in [2.75, 3.05) is 41.4 Å². The number of likely N-dealkylation sites (N-methyl/N-ethyl adjacent to an activating group) is 2. The molecule has 2 aliphatic heterocycles. The van der Waals surface area contributed by atoms with Crippen LogP contribution in [0.4, 0.5) is 0 Å². The molecule has 0 aromatic heterocycles. The molecule has 0 unspecified atom stereocenters. The van der Waals surface area contributed by atoms with Crippen LogP contribution in [0.2, 0.25) is 0 Å². The number of phenolic OH excluding ortho intramolecular Hbond substituents is 3. The van der Waals surface area contributed by atoms with Crippen molar-refractivity contribution in [1.82, 2.24) is 9.80 Å². The molecule has 44 heavy (non-hydrogen) atoms. The monoisotopic (exact) mass is 596 g/mol. The van der Waals surface area contributed by atoms with E-state index in [1.807, 2.05) is 42.5 Å². The van der Waals surface area contributed by atoms with Gasteiger partial charge in [-0.25, -0.2) is 0 Å². The summed E-state index contributed by atoms with van der Waals surface area (Å²) < 4.78 is 17.6. The lowest BCUT2D eigenvalue weighted by Gasteiger charge is -2.35. The number of benzene rings is 4. The van der Waals surface area contributed by atoms with E-state index in [9.17, 15) is 15.3 Å². The van der Waals surface area contributed by atoms with Crippen LogP contribution in [0, 0.1) is 0 Å². The molecule has 0 fully saturated rings. The second-order valence-corrected chi connectivity index (χ2v) is 11.9. The first-order valence-corrected chi connectivity index (χ1v) is 15.0. The maximum absolute atomic E-state index is 10.9. The minimum atomic E-state index is 0.0512. The van der Waals surface area contributed by atoms with Crippen LogP contribution in [0.5, 0.6) is 40.2 Å². The fraction of sp³-hybridized carbons (Fsp3) is 0.333. The van der Waals surface area contributed by atoms with Gasteiger partial charge in [0, 0.05) is 25.2 Å². The summed E-state index contributed by atoms with van der Waals surface area (Å²) in [6, 6.07) is 20.9. The Morgan fingerprint density at radius 3 is 1.82 bits per heavy atom. The van der Waals surface area contributed by atoms with Gasteiger partial charge in [0.15, 0.2) is 34.5 Å². The summed E-state index contributed by atoms with van der Waals surface area (Å²) >= 11 is 0. The zero-order valence-electron chi connectivity index (χ0n) is 25.7. The van der Waals surface area contributed by atoms with Crippen molar-refractivity contribution in [2.45, 2.75) is 37.8 Å². The van der Waals surface area contributed by atoms with Crippen molar-refractivity contribution in [3.63, 3.8) is 0 Å². The Kier molecular flexibility index (Phi) is 8.29. The SMILES string of the molecule is COc1cc2c(cc1O)CCN(C)[C@@H]2Cc1ccc(O)c(Oc2cc3c(cc2OC)CCN(C)[C@@H]3Cc2ccc(O)cc2)c1. The van der Waals surface area contributed by atoms with E-state index in [4.69, 9.17) is 14.2 Å². The largest absolute Gasteiger partial charge is 0.508 e. The standard InChI is InChI=1S/C36H40N2O6/c1-37-14-12-25-19-35(43-4)36(21-28(25)29(37)15-22-5-8-26(39)9-6-22)44-34-17-23(7-10-31(34)40)16-30-27-20-33(42-3)32(41)18-24(27)11-13-38(30)2/h5-10,17-21,29-30,39-41H,11-16H2,1-4H3/t29-,30-/m1/s1. The molecule has 2 atom stereocenters. The molecule has 4 aromatic rings. The number of rotatable bonds is 8. The molecule has 3 N–H and O–H groups in total. The Morgan fingerprint density at radius 2 is 1.18 bits per heavy atom. The number of phenols is 3. The predicted molar refractivity (Wildman–Crippen MR) is 169 cm³/mol. The third-order valence-electron chi connectivity index (χ3n) is 9.15. The van der Waals surface area contributed by atoms with Gasteiger partial charge in [0.1, 0.15) is 5.75 Å². The lowest BCUT2D eigenvalue weighted by Crippen LogP contribution is -2.33. The summed E-state index contributed by atoms with van der Waals surface area (Å²) in [6.45, 7) is 1.79. The van der Waals surface area contributed by atoms with Gasteiger partial charge in [-0.2, -0.15) is 0 Å². The van der Waals surface area contributed by atoms with Crippen molar-refractivity contribution in [2.24, 2.45) is 0 Å². The van der Waals surface area contributed by atoms with Crippen LogP contribution in [0.15, 0.2) is 66.7 Å². The molecule has 0 saturated carbocycles. The molecule has 0 spiro atoms. The van der Waals surface area contributed by atoms with Crippen molar-refractivity contribution >= 4 is 0 Å². The van der Waals surface area contributed by atoms with Gasteiger partial charge in [-0.1, -0.05) is 18.2 Å². The summed E-state index contributed by atoms with van der Waals surface area (Å²) in [4.78, 5) is 4.65. The summed E-state index contributed by atoms with van der Waals surface area (Å²) in [7, 11) is 7.44. The number of hydrogen-bond acceptors (Lipinski definition) is 8. The number of ether oxygens (including phenoxy) is 3. The number of methoxy groups -OCH3 is 2. The lowest BCUT2D eigenvalue weighted by molar-refractivity contribution is 0.227. The number of fused-ring (bicyclic) bond motifs is 2. The van der Waals surface area contributed by atoms with Gasteiger partial charge in [0.2, 0.25) is 0 Å². The third kappa shape index (κ3) is 5.87. The van der Waals surface area contributed by atoms with E-state index in [0.717, 1.165) is 60.2 Å². The van der Waals surface area contributed by atoms with Gasteiger partial charge < -0.3 is 29.5 Å². The first kappa shape index (κ1) is 29.7. The molecule has 2 heterocycles. The fourth-order valence-corrected chi connectivity index (χ4v) is 6.58. The maximum atomic E-state index is 10.9. The highest BCUT2D eigenvalue weighted by Gasteiger charge is 2.29. The molecule has 4 aromatic carbocycles. The first-order valence-electron chi connectivity index (χ1n) is 15.0. The van der Waals surface area contributed by atoms with Gasteiger partial charge in [-0.15, -0.1) is 0 Å². The van der Waals surface area contributed by atoms with E-state index in [1.54, 1.807) is 32.4 Å². The Bertz CT molecular complexity index is 1650. The molecular weight excluding hydrogens is 556 g/mol. The Hall–Kier alpha value is -4.40. The van der Waals surface area contributed by atoms with Gasteiger partial charge in [0.05, 0.1) is 14.2 Å². The highest BCUT2D eigenvalue weighted by Crippen LogP contribution is 2.44. The van der Waals surface area contributed by atoms with Crippen LogP contribution in [-0.2, 0) is 25.7 Å². The van der Waals surface area contributed by atoms with Gasteiger partial charge in [0.25, 0.3) is 0 Å². The molecule has 0 bridgehead atoms. The van der Waals surface area contributed by atoms with Crippen molar-refractivity contribution in [1.29, 1.82) is 0 Å². The van der Waals surface area contributed by atoms with Crippen LogP contribution in [0.25, 0.3) is 0 Å². The second-order valence-electron chi connectivity index (χ2n) is 11.9. The second kappa shape index (κ2) is 12.3. The van der Waals surface area contributed by atoms with Gasteiger partial charge in [-0.05, 0) is 122 Å². The maximum Gasteiger partial charge on any atom is 0.169 e. The number of aromatic hydroxyl groups is 3. The van der Waals surface area contributed by atoms with Gasteiger partial charge in [-0.3, -0.25) is 9.80 Å². The van der Waals surface area contributed by atoms with E-state index in [2.05, 4.69) is 30.0 Å². The lowest BCUT2D eigenvalue weighted by atomic mass is 9.88. The normalized spacial score (nSPS) is 18.4. The Labute approximate surface area is 258 Å². The molecule has 8 heteroatoms. The van der Waals surface area contributed by atoms with Crippen LogP contribution in [0.3, 0.4) is 0 Å². The zero-order chi connectivity index (χ0) is 31.0. The third-order valence-corrected chi connectivity index (χ3v) is 9.15. The molecule has 2 aliphatic rings. The molecule has 0 amide bonds. The molecule has 230 valence electrons. The van der Waals surface area contributed by atoms with Crippen LogP contribution in [0.1, 0.15) is 45.5 Å². The Balaban J connectivity index is 1.30. The minimum absolute atomic E-state index is 0.0512. The number of hydrogen-bond donors (Lipinski definition) is 3. The highest BCUT2D eigenvalue weighted by atomic mass is 16.5. The van der Waals surface area contributed by atoms with Crippen LogP contribution < -0.4 is 14.2 Å². The van der Waals surface area contributed by atoms with E-state index >= 15 is 0 Å². The fourth-order valence-electron chi connectivity index (χ4n) is 6.58. The molecule has 8 nitrogen and oxygen atoms in total. The van der Waals surface area contributed by atoms with E-state index in [-0.39, 0.29) is 29.3 Å². The predicted octanol–water partition coefficient (Wildman–Crippen LogP) is 6.16. The summed E-state index contributed by atoms with van der Waals surface area (Å²) in [5, 5.41) is 31.0.